The van der Waals surface area contributed by atoms with Gasteiger partial charge >= 0.3 is 5.97 Å². The number of aromatic nitrogens is 2. The van der Waals surface area contributed by atoms with Gasteiger partial charge in [0.05, 0.1) is 17.6 Å². The van der Waals surface area contributed by atoms with E-state index in [0.717, 1.165) is 6.42 Å². The molecule has 1 aliphatic heterocycles. The van der Waals surface area contributed by atoms with E-state index >= 15 is 0 Å². The van der Waals surface area contributed by atoms with Gasteiger partial charge in [0, 0.05) is 37.9 Å². The summed E-state index contributed by atoms with van der Waals surface area (Å²) in [5.74, 6) is 0.0522. The molecule has 0 aliphatic carbocycles. The maximum absolute atomic E-state index is 13.2. The number of hydrogen-bond donors (Lipinski definition) is 1. The zero-order valence-electron chi connectivity index (χ0n) is 17.3. The molecule has 0 unspecified atom stereocenters. The summed E-state index contributed by atoms with van der Waals surface area (Å²) in [5, 5.41) is 10.8. The molecule has 1 aliphatic rings. The van der Waals surface area contributed by atoms with E-state index in [0.29, 0.717) is 60.9 Å². The highest BCUT2D eigenvalue weighted by molar-refractivity contribution is 6.00. The molecule has 0 saturated carbocycles. The first-order valence-corrected chi connectivity index (χ1v) is 9.81. The third kappa shape index (κ3) is 4.12. The van der Waals surface area contributed by atoms with E-state index < -0.39 is 10.9 Å². The van der Waals surface area contributed by atoms with E-state index in [2.05, 4.69) is 9.97 Å². The second-order valence-corrected chi connectivity index (χ2v) is 7.13. The van der Waals surface area contributed by atoms with Gasteiger partial charge in [-0.2, -0.15) is 0 Å². The summed E-state index contributed by atoms with van der Waals surface area (Å²) in [6.45, 7) is 5.84. The van der Waals surface area contributed by atoms with Crippen LogP contribution in [0.25, 0.3) is 0 Å². The minimum Gasteiger partial charge on any atom is -0.465 e. The minimum atomic E-state index is -0.484. The molecule has 0 aromatic carbocycles. The number of pyridine rings is 1. The summed E-state index contributed by atoms with van der Waals surface area (Å²) in [6.07, 6.45) is 2.63. The van der Waals surface area contributed by atoms with Crippen LogP contribution in [0.15, 0.2) is 18.3 Å². The van der Waals surface area contributed by atoms with E-state index in [-0.39, 0.29) is 11.6 Å². The Morgan fingerprint density at radius 1 is 1.27 bits per heavy atom. The molecule has 2 aromatic heterocycles. The van der Waals surface area contributed by atoms with Gasteiger partial charge < -0.3 is 19.5 Å². The smallest absolute Gasteiger partial charge is 0.339 e. The molecule has 1 amide bonds. The summed E-state index contributed by atoms with van der Waals surface area (Å²) < 4.78 is 4.89. The molecule has 0 bridgehead atoms. The van der Waals surface area contributed by atoms with Crippen LogP contribution in [-0.4, -0.2) is 65.0 Å². The highest BCUT2D eigenvalue weighted by atomic mass is 16.6. The van der Waals surface area contributed by atoms with Crippen molar-refractivity contribution in [2.24, 2.45) is 0 Å². The number of ether oxygens (including phenoxy) is 1. The van der Waals surface area contributed by atoms with Crippen LogP contribution in [0.3, 0.4) is 0 Å². The van der Waals surface area contributed by atoms with Crippen molar-refractivity contribution < 1.29 is 19.2 Å². The Balaban J connectivity index is 1.73. The lowest BCUT2D eigenvalue weighted by Gasteiger charge is -2.35. The third-order valence-electron chi connectivity index (χ3n) is 5.23. The molecule has 3 rings (SSSR count). The Hall–Kier alpha value is -3.43. The molecular weight excluding hydrogens is 390 g/mol. The van der Waals surface area contributed by atoms with Gasteiger partial charge in [-0.1, -0.05) is 13.3 Å². The molecule has 0 atom stereocenters. The lowest BCUT2D eigenvalue weighted by Crippen LogP contribution is -2.49. The predicted octanol–water partition coefficient (Wildman–Crippen LogP) is 2.33. The molecular formula is C20H25N5O5. The van der Waals surface area contributed by atoms with Crippen LogP contribution >= 0.6 is 0 Å². The van der Waals surface area contributed by atoms with Gasteiger partial charge in [-0.25, -0.2) is 9.78 Å². The van der Waals surface area contributed by atoms with Crippen molar-refractivity contribution in [2.45, 2.75) is 26.7 Å². The molecule has 1 N–H and O–H groups in total. The van der Waals surface area contributed by atoms with Crippen molar-refractivity contribution in [1.82, 2.24) is 14.9 Å². The van der Waals surface area contributed by atoms with Crippen molar-refractivity contribution in [3.05, 3.63) is 51.0 Å². The number of nitrogens with zero attached hydrogens (tertiary/aromatic N) is 4. The molecule has 160 valence electrons. The monoisotopic (exact) mass is 415 g/mol. The van der Waals surface area contributed by atoms with Gasteiger partial charge in [-0.3, -0.25) is 14.9 Å². The van der Waals surface area contributed by atoms with E-state index in [1.54, 1.807) is 17.9 Å². The fourth-order valence-electron chi connectivity index (χ4n) is 3.71. The Labute approximate surface area is 174 Å². The number of aromatic amines is 1. The third-order valence-corrected chi connectivity index (χ3v) is 5.23. The molecule has 2 aromatic rings. The maximum atomic E-state index is 13.2. The Bertz CT molecular complexity index is 945. The largest absolute Gasteiger partial charge is 0.465 e. The molecule has 3 heterocycles. The first-order valence-electron chi connectivity index (χ1n) is 9.81. The average molecular weight is 415 g/mol. The first-order chi connectivity index (χ1) is 14.4. The Morgan fingerprint density at radius 2 is 1.97 bits per heavy atom. The maximum Gasteiger partial charge on any atom is 0.339 e. The second kappa shape index (κ2) is 8.93. The predicted molar refractivity (Wildman–Crippen MR) is 110 cm³/mol. The number of carbonyl (C=O) groups excluding carboxylic acids is 2. The Kier molecular flexibility index (Phi) is 6.34. The topological polar surface area (TPSA) is 122 Å². The number of esters is 1. The second-order valence-electron chi connectivity index (χ2n) is 7.13. The van der Waals surface area contributed by atoms with Gasteiger partial charge in [0.1, 0.15) is 17.7 Å². The number of nitrogens with one attached hydrogen (secondary N) is 1. The number of anilines is 1. The number of H-pyrrole nitrogens is 1. The molecule has 1 fully saturated rings. The number of rotatable bonds is 6. The number of nitro groups is 1. The van der Waals surface area contributed by atoms with Crippen LogP contribution < -0.4 is 4.90 Å². The molecule has 0 radical (unpaired) electrons. The van der Waals surface area contributed by atoms with Crippen molar-refractivity contribution in [2.75, 3.05) is 38.2 Å². The quantitative estimate of drug-likeness (QED) is 0.436. The highest BCUT2D eigenvalue weighted by Gasteiger charge is 2.29. The van der Waals surface area contributed by atoms with Gasteiger partial charge in [-0.05, 0) is 25.0 Å². The van der Waals surface area contributed by atoms with Crippen LogP contribution in [0.2, 0.25) is 0 Å². The fraction of sp³-hybridized carbons (Fsp3) is 0.450. The average Bonchev–Trinajstić information content (AvgIpc) is 3.09. The number of amides is 1. The van der Waals surface area contributed by atoms with Crippen LogP contribution in [0.1, 0.15) is 45.4 Å². The van der Waals surface area contributed by atoms with Gasteiger partial charge in [0.2, 0.25) is 0 Å². The zero-order chi connectivity index (χ0) is 21.8. The van der Waals surface area contributed by atoms with Crippen molar-refractivity contribution >= 4 is 23.4 Å². The summed E-state index contributed by atoms with van der Waals surface area (Å²) in [6, 6.07) is 3.04. The van der Waals surface area contributed by atoms with Gasteiger partial charge in [0.25, 0.3) is 11.6 Å². The van der Waals surface area contributed by atoms with Crippen LogP contribution in [-0.2, 0) is 11.2 Å². The fourth-order valence-corrected chi connectivity index (χ4v) is 3.71. The normalized spacial score (nSPS) is 14.0. The van der Waals surface area contributed by atoms with E-state index in [1.807, 2.05) is 11.8 Å². The van der Waals surface area contributed by atoms with E-state index in [1.165, 1.54) is 19.4 Å². The van der Waals surface area contributed by atoms with Gasteiger partial charge in [-0.15, -0.1) is 0 Å². The van der Waals surface area contributed by atoms with Crippen LogP contribution in [0, 0.1) is 17.0 Å². The van der Waals surface area contributed by atoms with Gasteiger partial charge in [0.15, 0.2) is 0 Å². The summed E-state index contributed by atoms with van der Waals surface area (Å²) in [4.78, 5) is 46.6. The summed E-state index contributed by atoms with van der Waals surface area (Å²) >= 11 is 0. The zero-order valence-corrected chi connectivity index (χ0v) is 17.3. The number of hydrogen-bond acceptors (Lipinski definition) is 7. The van der Waals surface area contributed by atoms with Crippen LogP contribution in [0.4, 0.5) is 11.5 Å². The molecule has 10 nitrogen and oxygen atoms in total. The van der Waals surface area contributed by atoms with E-state index in [4.69, 9.17) is 4.74 Å². The Morgan fingerprint density at radius 3 is 2.50 bits per heavy atom. The SMILES string of the molecule is CCCc1c(C(=O)N2CCN(c3ccc([N+](=O)[O-])cn3)CC2)[nH]c(C)c1C(=O)OC. The number of methoxy groups -OCH3 is 1. The standard InChI is InChI=1S/C20H25N5O5/c1-4-5-15-17(20(27)30-3)13(2)22-18(15)19(26)24-10-8-23(9-11-24)16-7-6-14(12-21-16)25(28)29/h6-7,12,22H,4-5,8-11H2,1-3H3. The number of piperazine rings is 1. The highest BCUT2D eigenvalue weighted by Crippen LogP contribution is 2.24. The van der Waals surface area contributed by atoms with Crippen molar-refractivity contribution in [3.63, 3.8) is 0 Å². The number of carbonyl (C=O) groups is 2. The summed E-state index contributed by atoms with van der Waals surface area (Å²) in [7, 11) is 1.33. The molecule has 1 saturated heterocycles. The number of aryl methyl sites for hydroxylation is 1. The molecule has 10 heteroatoms. The van der Waals surface area contributed by atoms with Crippen molar-refractivity contribution in [3.8, 4) is 0 Å². The lowest BCUT2D eigenvalue weighted by atomic mass is 10.0. The van der Waals surface area contributed by atoms with E-state index in [9.17, 15) is 19.7 Å². The summed E-state index contributed by atoms with van der Waals surface area (Å²) in [5.41, 5.74) is 2.15. The van der Waals surface area contributed by atoms with Crippen molar-refractivity contribution in [1.29, 1.82) is 0 Å². The molecule has 0 spiro atoms. The van der Waals surface area contributed by atoms with Crippen LogP contribution in [0.5, 0.6) is 0 Å². The molecule has 30 heavy (non-hydrogen) atoms. The first kappa shape index (κ1) is 21.3. The lowest BCUT2D eigenvalue weighted by molar-refractivity contribution is -0.385. The minimum absolute atomic E-state index is 0.0560.